The average molecular weight is 496 g/mol. The molecule has 0 fully saturated rings. The largest absolute Gasteiger partial charge is 0.486 e. The molecule has 7 nitrogen and oxygen atoms in total. The van der Waals surface area contributed by atoms with Gasteiger partial charge in [0, 0.05) is 30.2 Å². The summed E-state index contributed by atoms with van der Waals surface area (Å²) in [6.45, 7) is 5.68. The van der Waals surface area contributed by atoms with Gasteiger partial charge in [0.1, 0.15) is 13.2 Å². The smallest absolute Gasteiger partial charge is 0.279 e. The zero-order valence-corrected chi connectivity index (χ0v) is 21.0. The van der Waals surface area contributed by atoms with Crippen LogP contribution in [0.2, 0.25) is 0 Å². The van der Waals surface area contributed by atoms with E-state index in [1.165, 1.54) is 4.68 Å². The third-order valence-corrected chi connectivity index (χ3v) is 6.09. The fraction of sp³-hybridized carbons (Fsp3) is 0.233. The van der Waals surface area contributed by atoms with E-state index >= 15 is 0 Å². The minimum atomic E-state index is -0.303. The van der Waals surface area contributed by atoms with E-state index in [1.54, 1.807) is 23.1 Å². The van der Waals surface area contributed by atoms with Crippen LogP contribution >= 0.6 is 0 Å². The van der Waals surface area contributed by atoms with Gasteiger partial charge >= 0.3 is 0 Å². The maximum absolute atomic E-state index is 14.2. The number of carbonyl (C=O) groups excluding carboxylic acids is 1. The minimum Gasteiger partial charge on any atom is -0.486 e. The molecule has 1 aliphatic rings. The Kier molecular flexibility index (Phi) is 7.03. The van der Waals surface area contributed by atoms with Crippen molar-refractivity contribution in [3.63, 3.8) is 0 Å². The number of anilines is 1. The number of rotatable bonds is 7. The summed E-state index contributed by atoms with van der Waals surface area (Å²) in [5, 5.41) is 5.58. The number of fused-ring (bicyclic) bond motifs is 2. The summed E-state index contributed by atoms with van der Waals surface area (Å²) in [6.07, 6.45) is 3.92. The van der Waals surface area contributed by atoms with Crippen LogP contribution in [-0.2, 0) is 6.54 Å². The van der Waals surface area contributed by atoms with Crippen LogP contribution in [0.5, 0.6) is 11.5 Å². The van der Waals surface area contributed by atoms with Gasteiger partial charge in [-0.15, -0.1) is 0 Å². The third kappa shape index (κ3) is 5.26. The van der Waals surface area contributed by atoms with Gasteiger partial charge in [-0.2, -0.15) is 5.10 Å². The van der Waals surface area contributed by atoms with Crippen LogP contribution in [0.25, 0.3) is 16.8 Å². The quantitative estimate of drug-likeness (QED) is 0.353. The molecule has 0 radical (unpaired) electrons. The normalized spacial score (nSPS) is 12.8. The lowest BCUT2D eigenvalue weighted by atomic mass is 10.1. The third-order valence-electron chi connectivity index (χ3n) is 6.09. The van der Waals surface area contributed by atoms with Crippen molar-refractivity contribution in [3.8, 4) is 11.5 Å². The predicted octanol–water partition coefficient (Wildman–Crippen LogP) is 5.18. The predicted molar refractivity (Wildman–Crippen MR) is 145 cm³/mol. The second-order valence-electron chi connectivity index (χ2n) is 9.33. The van der Waals surface area contributed by atoms with Crippen molar-refractivity contribution in [2.24, 2.45) is 5.92 Å². The van der Waals surface area contributed by atoms with Crippen molar-refractivity contribution < 1.29 is 14.3 Å². The van der Waals surface area contributed by atoms with Crippen LogP contribution in [0.3, 0.4) is 0 Å². The van der Waals surface area contributed by atoms with E-state index in [-0.39, 0.29) is 23.1 Å². The van der Waals surface area contributed by atoms with Gasteiger partial charge in [0.05, 0.1) is 5.39 Å². The highest BCUT2D eigenvalue weighted by Crippen LogP contribution is 2.34. The summed E-state index contributed by atoms with van der Waals surface area (Å²) in [5.74, 6) is 1.13. The summed E-state index contributed by atoms with van der Waals surface area (Å²) in [6, 6.07) is 22.5. The van der Waals surface area contributed by atoms with E-state index in [0.29, 0.717) is 54.3 Å². The van der Waals surface area contributed by atoms with Gasteiger partial charge in [-0.1, -0.05) is 74.5 Å². The van der Waals surface area contributed by atoms with E-state index in [4.69, 9.17) is 9.47 Å². The summed E-state index contributed by atoms with van der Waals surface area (Å²) in [4.78, 5) is 28.9. The van der Waals surface area contributed by atoms with E-state index < -0.39 is 0 Å². The van der Waals surface area contributed by atoms with Crippen molar-refractivity contribution in [1.29, 1.82) is 0 Å². The molecule has 0 spiro atoms. The molecule has 0 unspecified atom stereocenters. The summed E-state index contributed by atoms with van der Waals surface area (Å²) < 4.78 is 12.9. The first-order valence-corrected chi connectivity index (χ1v) is 12.4. The Morgan fingerprint density at radius 3 is 2.43 bits per heavy atom. The lowest BCUT2D eigenvalue weighted by molar-refractivity contribution is 0.0984. The minimum absolute atomic E-state index is 0.192. The lowest BCUT2D eigenvalue weighted by Crippen LogP contribution is -2.35. The maximum atomic E-state index is 14.2. The number of hydrogen-bond donors (Lipinski definition) is 0. The molecule has 3 aromatic carbocycles. The van der Waals surface area contributed by atoms with Gasteiger partial charge in [-0.05, 0) is 29.7 Å². The van der Waals surface area contributed by atoms with E-state index in [0.717, 1.165) is 5.56 Å². The van der Waals surface area contributed by atoms with Gasteiger partial charge in [0.2, 0.25) is 0 Å². The Bertz CT molecular complexity index is 1510. The zero-order chi connectivity index (χ0) is 25.8. The summed E-state index contributed by atoms with van der Waals surface area (Å²) in [7, 11) is 0. The van der Waals surface area contributed by atoms with Crippen molar-refractivity contribution in [1.82, 2.24) is 9.78 Å². The lowest BCUT2D eigenvalue weighted by Gasteiger charge is -2.25. The molecule has 1 amide bonds. The van der Waals surface area contributed by atoms with E-state index in [2.05, 4.69) is 5.10 Å². The fourth-order valence-electron chi connectivity index (χ4n) is 4.35. The standard InChI is InChI=1S/C30H29N3O4/c1-21(2)20-33-29(34)25-13-7-6-12-24(25)28(31-33)30(35)32(16-8-11-22-9-4-3-5-10-22)23-14-15-26-27(19-23)37-18-17-36-26/h3-15,19,21H,16-18,20H2,1-2H3/b11-8+. The molecule has 188 valence electrons. The SMILES string of the molecule is CC(C)Cn1nc(C(=O)N(C/C=C/c2ccccc2)c2ccc3c(c2)OCCO3)c2ccccc2c1=O. The summed E-state index contributed by atoms with van der Waals surface area (Å²) in [5.41, 5.74) is 1.72. The first-order chi connectivity index (χ1) is 18.0. The van der Waals surface area contributed by atoms with Crippen molar-refractivity contribution in [2.45, 2.75) is 20.4 Å². The van der Waals surface area contributed by atoms with Crippen LogP contribution in [-0.4, -0.2) is 35.4 Å². The molecule has 1 aromatic heterocycles. The van der Waals surface area contributed by atoms with Crippen LogP contribution in [0.4, 0.5) is 5.69 Å². The van der Waals surface area contributed by atoms with Crippen LogP contribution < -0.4 is 19.9 Å². The monoisotopic (exact) mass is 495 g/mol. The number of hydrogen-bond acceptors (Lipinski definition) is 5. The second kappa shape index (κ2) is 10.7. The number of nitrogens with zero attached hydrogens (tertiary/aromatic N) is 3. The highest BCUT2D eigenvalue weighted by Gasteiger charge is 2.25. The Morgan fingerprint density at radius 2 is 1.68 bits per heavy atom. The Morgan fingerprint density at radius 1 is 0.973 bits per heavy atom. The molecule has 0 saturated carbocycles. The fourth-order valence-corrected chi connectivity index (χ4v) is 4.35. The van der Waals surface area contributed by atoms with Crippen molar-refractivity contribution in [2.75, 3.05) is 24.7 Å². The first-order valence-electron chi connectivity index (χ1n) is 12.4. The van der Waals surface area contributed by atoms with Gasteiger partial charge in [0.25, 0.3) is 11.5 Å². The first kappa shape index (κ1) is 24.3. The van der Waals surface area contributed by atoms with Gasteiger partial charge in [0.15, 0.2) is 17.2 Å². The Balaban J connectivity index is 1.59. The molecule has 7 heteroatoms. The molecule has 5 rings (SSSR count). The molecular weight excluding hydrogens is 466 g/mol. The van der Waals surface area contributed by atoms with Crippen LogP contribution in [0, 0.1) is 5.92 Å². The van der Waals surface area contributed by atoms with Gasteiger partial charge in [-0.3, -0.25) is 9.59 Å². The molecule has 4 aromatic rings. The molecular formula is C30H29N3O4. The number of ether oxygens (including phenoxy) is 2. The number of benzene rings is 3. The molecule has 0 atom stereocenters. The van der Waals surface area contributed by atoms with Gasteiger partial charge < -0.3 is 14.4 Å². The summed E-state index contributed by atoms with van der Waals surface area (Å²) >= 11 is 0. The highest BCUT2D eigenvalue weighted by atomic mass is 16.6. The maximum Gasteiger partial charge on any atom is 0.279 e. The molecule has 0 aliphatic carbocycles. The van der Waals surface area contributed by atoms with Crippen LogP contribution in [0.15, 0.2) is 83.7 Å². The second-order valence-corrected chi connectivity index (χ2v) is 9.33. The number of carbonyl (C=O) groups is 1. The molecule has 37 heavy (non-hydrogen) atoms. The highest BCUT2D eigenvalue weighted by molar-refractivity contribution is 6.12. The van der Waals surface area contributed by atoms with Crippen molar-refractivity contribution in [3.05, 3.63) is 100 Å². The van der Waals surface area contributed by atoms with E-state index in [1.807, 2.05) is 80.6 Å². The molecule has 1 aliphatic heterocycles. The molecule has 2 heterocycles. The van der Waals surface area contributed by atoms with Crippen LogP contribution in [0.1, 0.15) is 29.9 Å². The zero-order valence-electron chi connectivity index (χ0n) is 21.0. The topological polar surface area (TPSA) is 73.7 Å². The number of aromatic nitrogens is 2. The van der Waals surface area contributed by atoms with Crippen molar-refractivity contribution >= 4 is 28.4 Å². The van der Waals surface area contributed by atoms with Gasteiger partial charge in [-0.25, -0.2) is 4.68 Å². The molecule has 0 bridgehead atoms. The molecule has 0 saturated heterocycles. The van der Waals surface area contributed by atoms with E-state index in [9.17, 15) is 9.59 Å². The Hall–Kier alpha value is -4.39. The Labute approximate surface area is 215 Å². The number of amides is 1. The average Bonchev–Trinajstić information content (AvgIpc) is 2.92. The molecule has 0 N–H and O–H groups in total.